The molecule has 0 atom stereocenters. The van der Waals surface area contributed by atoms with E-state index in [1.54, 1.807) is 19.1 Å². The molecule has 0 aliphatic heterocycles. The maximum Gasteiger partial charge on any atom is 0.392 e. The smallest absolute Gasteiger partial charge is 0.171 e. The van der Waals surface area contributed by atoms with Crippen LogP contribution in [0.5, 0.6) is 0 Å². The molecule has 0 unspecified atom stereocenters. The summed E-state index contributed by atoms with van der Waals surface area (Å²) < 4.78 is 34.2. The minimum Gasteiger partial charge on any atom is -0.171 e. The van der Waals surface area contributed by atoms with Gasteiger partial charge in [0.1, 0.15) is 0 Å². The first-order valence-electron chi connectivity index (χ1n) is 2.91. The van der Waals surface area contributed by atoms with Crippen LogP contribution in [0.4, 0.5) is 13.2 Å². The van der Waals surface area contributed by atoms with Gasteiger partial charge in [-0.2, -0.15) is 13.2 Å². The predicted molar refractivity (Wildman–Crippen MR) is 34.6 cm³/mol. The summed E-state index contributed by atoms with van der Waals surface area (Å²) >= 11 is 0. The molecule has 0 bridgehead atoms. The number of alkyl halides is 3. The second-order valence-electron chi connectivity index (χ2n) is 1.77. The second-order valence-corrected chi connectivity index (χ2v) is 1.77. The monoisotopic (exact) mass is 150 g/mol. The van der Waals surface area contributed by atoms with Gasteiger partial charge < -0.3 is 0 Å². The lowest BCUT2D eigenvalue weighted by Gasteiger charge is -1.98. The van der Waals surface area contributed by atoms with E-state index in [4.69, 9.17) is 0 Å². The minimum absolute atomic E-state index is 0.850. The van der Waals surface area contributed by atoms with Crippen LogP contribution in [0.3, 0.4) is 0 Å². The van der Waals surface area contributed by atoms with Gasteiger partial charge in [0.2, 0.25) is 0 Å². The van der Waals surface area contributed by atoms with Crippen molar-refractivity contribution in [1.29, 1.82) is 0 Å². The summed E-state index contributed by atoms with van der Waals surface area (Å²) in [5.74, 6) is 0. The lowest BCUT2D eigenvalue weighted by Crippen LogP contribution is -2.03. The van der Waals surface area contributed by atoms with Crippen LogP contribution in [0.2, 0.25) is 0 Å². The van der Waals surface area contributed by atoms with E-state index in [1.807, 2.05) is 0 Å². The third-order valence-electron chi connectivity index (χ3n) is 0.789. The van der Waals surface area contributed by atoms with Crippen molar-refractivity contribution in [1.82, 2.24) is 0 Å². The van der Waals surface area contributed by atoms with Gasteiger partial charge in [-0.05, 0) is 6.92 Å². The molecular formula is C7H9F3. The third kappa shape index (κ3) is 7.27. The van der Waals surface area contributed by atoms with E-state index in [-0.39, 0.29) is 0 Å². The highest BCUT2D eigenvalue weighted by molar-refractivity contribution is 5.01. The van der Waals surface area contributed by atoms with Gasteiger partial charge in [-0.25, -0.2) is 0 Å². The molecule has 0 spiro atoms. The summed E-state index contributed by atoms with van der Waals surface area (Å²) in [6, 6.07) is 0. The first-order valence-corrected chi connectivity index (χ1v) is 2.91. The minimum atomic E-state index is -4.07. The Morgan fingerprint density at radius 3 is 2.20 bits per heavy atom. The van der Waals surface area contributed by atoms with Gasteiger partial charge >= 0.3 is 6.18 Å². The summed E-state index contributed by atoms with van der Waals surface area (Å²) in [4.78, 5) is 0. The Labute approximate surface area is 58.0 Å². The first kappa shape index (κ1) is 9.27. The van der Waals surface area contributed by atoms with Gasteiger partial charge in [0, 0.05) is 0 Å². The van der Waals surface area contributed by atoms with E-state index < -0.39 is 12.6 Å². The molecule has 3 heteroatoms. The lowest BCUT2D eigenvalue weighted by molar-refractivity contribution is -0.125. The third-order valence-corrected chi connectivity index (χ3v) is 0.789. The molecular weight excluding hydrogens is 141 g/mol. The molecule has 0 aromatic heterocycles. The zero-order valence-electron chi connectivity index (χ0n) is 5.65. The first-order chi connectivity index (χ1) is 4.56. The number of halogens is 3. The summed E-state index contributed by atoms with van der Waals surface area (Å²) in [5.41, 5.74) is 0. The Morgan fingerprint density at radius 2 is 1.80 bits per heavy atom. The molecule has 0 saturated carbocycles. The molecule has 0 saturated heterocycles. The fourth-order valence-corrected chi connectivity index (χ4v) is 0.391. The highest BCUT2D eigenvalue weighted by atomic mass is 19.4. The van der Waals surface area contributed by atoms with Crippen molar-refractivity contribution < 1.29 is 13.2 Å². The van der Waals surface area contributed by atoms with Crippen LogP contribution >= 0.6 is 0 Å². The summed E-state index contributed by atoms with van der Waals surface area (Å²) in [6.07, 6.45) is 0.779. The van der Waals surface area contributed by atoms with Crippen molar-refractivity contribution >= 4 is 0 Å². The lowest BCUT2D eigenvalue weighted by atomic mass is 10.3. The van der Waals surface area contributed by atoms with Crippen molar-refractivity contribution in [3.8, 4) is 0 Å². The average Bonchev–Trinajstić information content (AvgIpc) is 1.78. The molecule has 58 valence electrons. The highest BCUT2D eigenvalue weighted by Gasteiger charge is 2.24. The zero-order valence-corrected chi connectivity index (χ0v) is 5.65. The fourth-order valence-electron chi connectivity index (χ4n) is 0.391. The Kier molecular flexibility index (Phi) is 3.84. The van der Waals surface area contributed by atoms with Gasteiger partial charge in [0.05, 0.1) is 6.42 Å². The maximum absolute atomic E-state index is 11.4. The van der Waals surface area contributed by atoms with E-state index in [2.05, 4.69) is 0 Å². The molecule has 0 nitrogen and oxygen atoms in total. The van der Waals surface area contributed by atoms with Crippen LogP contribution in [0.25, 0.3) is 0 Å². The van der Waals surface area contributed by atoms with Crippen LogP contribution in [0.15, 0.2) is 24.3 Å². The van der Waals surface area contributed by atoms with E-state index in [0.717, 1.165) is 6.08 Å². The highest BCUT2D eigenvalue weighted by Crippen LogP contribution is 2.19. The van der Waals surface area contributed by atoms with Gasteiger partial charge in [-0.3, -0.25) is 0 Å². The molecule has 0 fully saturated rings. The molecule has 0 rings (SSSR count). The standard InChI is InChI=1S/C7H9F3/c1-2-3-4-5-6-7(8,9)10/h2-5H,6H2,1H3/b3-2+,5-4+. The van der Waals surface area contributed by atoms with E-state index >= 15 is 0 Å². The van der Waals surface area contributed by atoms with Crippen LogP contribution in [-0.4, -0.2) is 6.18 Å². The molecule has 10 heavy (non-hydrogen) atoms. The molecule has 0 aliphatic rings. The van der Waals surface area contributed by atoms with E-state index in [0.29, 0.717) is 0 Å². The zero-order chi connectivity index (χ0) is 8.04. The largest absolute Gasteiger partial charge is 0.392 e. The Bertz CT molecular complexity index is 130. The molecule has 0 heterocycles. The molecule has 0 aromatic rings. The molecule has 0 amide bonds. The average molecular weight is 150 g/mol. The Morgan fingerprint density at radius 1 is 1.20 bits per heavy atom. The molecule has 0 radical (unpaired) electrons. The summed E-state index contributed by atoms with van der Waals surface area (Å²) in [6.45, 7) is 1.75. The van der Waals surface area contributed by atoms with Gasteiger partial charge in [-0.1, -0.05) is 24.3 Å². The Hall–Kier alpha value is -0.730. The molecule has 0 N–H and O–H groups in total. The van der Waals surface area contributed by atoms with Crippen LogP contribution < -0.4 is 0 Å². The number of hydrogen-bond donors (Lipinski definition) is 0. The van der Waals surface area contributed by atoms with Crippen molar-refractivity contribution in [2.75, 3.05) is 0 Å². The summed E-state index contributed by atoms with van der Waals surface area (Å²) in [7, 11) is 0. The second kappa shape index (κ2) is 4.14. The Balaban J connectivity index is 3.54. The van der Waals surface area contributed by atoms with E-state index in [9.17, 15) is 13.2 Å². The van der Waals surface area contributed by atoms with E-state index in [1.165, 1.54) is 6.08 Å². The van der Waals surface area contributed by atoms with Crippen LogP contribution in [-0.2, 0) is 0 Å². The van der Waals surface area contributed by atoms with Crippen molar-refractivity contribution in [2.45, 2.75) is 19.5 Å². The SMILES string of the molecule is C/C=C/C=C/CC(F)(F)F. The van der Waals surface area contributed by atoms with Gasteiger partial charge in [0.25, 0.3) is 0 Å². The van der Waals surface area contributed by atoms with Crippen molar-refractivity contribution in [3.63, 3.8) is 0 Å². The fraction of sp³-hybridized carbons (Fsp3) is 0.429. The quantitative estimate of drug-likeness (QED) is 0.530. The van der Waals surface area contributed by atoms with Gasteiger partial charge in [0.15, 0.2) is 0 Å². The van der Waals surface area contributed by atoms with Gasteiger partial charge in [-0.15, -0.1) is 0 Å². The molecule has 0 aliphatic carbocycles. The normalized spacial score (nSPS) is 13.6. The molecule has 0 aromatic carbocycles. The topological polar surface area (TPSA) is 0 Å². The van der Waals surface area contributed by atoms with Crippen LogP contribution in [0, 0.1) is 0 Å². The van der Waals surface area contributed by atoms with Crippen molar-refractivity contribution in [2.24, 2.45) is 0 Å². The number of rotatable bonds is 2. The number of allylic oxidation sites excluding steroid dienone is 4. The van der Waals surface area contributed by atoms with Crippen LogP contribution in [0.1, 0.15) is 13.3 Å². The van der Waals surface area contributed by atoms with Crippen molar-refractivity contribution in [3.05, 3.63) is 24.3 Å². The predicted octanol–water partition coefficient (Wildman–Crippen LogP) is 3.07. The maximum atomic E-state index is 11.4. The summed E-state index contributed by atoms with van der Waals surface area (Å²) in [5, 5.41) is 0. The number of hydrogen-bond acceptors (Lipinski definition) is 0.